The van der Waals surface area contributed by atoms with Gasteiger partial charge in [0.2, 0.25) is 0 Å². The topological polar surface area (TPSA) is 61.8 Å². The minimum atomic E-state index is -0.430. The Kier molecular flexibility index (Phi) is 6.65. The van der Waals surface area contributed by atoms with E-state index in [-0.39, 0.29) is 5.78 Å². The molecule has 0 aliphatic carbocycles. The molecule has 3 aromatic rings. The summed E-state index contributed by atoms with van der Waals surface area (Å²) < 4.78 is 15.9. The first-order chi connectivity index (χ1) is 14.5. The standard InChI is InChI=1S/C25H22O5/c1-17-6-4-5-7-21(17)25(27)30-20-12-10-19(11-13-20)22(26)14-8-18-9-15-23(28-2)24(16-18)29-3/h4-16H,1-3H3. The van der Waals surface area contributed by atoms with Crippen LogP contribution in [0.15, 0.2) is 72.8 Å². The number of benzene rings is 3. The van der Waals surface area contributed by atoms with Crippen LogP contribution in [-0.4, -0.2) is 26.0 Å². The van der Waals surface area contributed by atoms with Crippen molar-refractivity contribution in [3.63, 3.8) is 0 Å². The lowest BCUT2D eigenvalue weighted by molar-refractivity contribution is 0.0734. The molecule has 0 aliphatic heterocycles. The summed E-state index contributed by atoms with van der Waals surface area (Å²) in [4.78, 5) is 24.7. The lowest BCUT2D eigenvalue weighted by atomic mass is 10.1. The van der Waals surface area contributed by atoms with Crippen molar-refractivity contribution >= 4 is 17.8 Å². The molecule has 152 valence electrons. The van der Waals surface area contributed by atoms with Gasteiger partial charge in [-0.15, -0.1) is 0 Å². The fraction of sp³-hybridized carbons (Fsp3) is 0.120. The van der Waals surface area contributed by atoms with Gasteiger partial charge in [0, 0.05) is 5.56 Å². The predicted molar refractivity (Wildman–Crippen MR) is 115 cm³/mol. The molecule has 0 aromatic heterocycles. The first-order valence-electron chi connectivity index (χ1n) is 9.34. The number of esters is 1. The maximum Gasteiger partial charge on any atom is 0.343 e. The average Bonchev–Trinajstić information content (AvgIpc) is 2.78. The van der Waals surface area contributed by atoms with E-state index in [1.807, 2.05) is 25.1 Å². The summed E-state index contributed by atoms with van der Waals surface area (Å²) in [6, 6.07) is 19.1. The number of methoxy groups -OCH3 is 2. The zero-order chi connectivity index (χ0) is 21.5. The molecule has 0 radical (unpaired) electrons. The molecule has 3 aromatic carbocycles. The van der Waals surface area contributed by atoms with Gasteiger partial charge < -0.3 is 14.2 Å². The fourth-order valence-electron chi connectivity index (χ4n) is 2.88. The smallest absolute Gasteiger partial charge is 0.343 e. The lowest BCUT2D eigenvalue weighted by Gasteiger charge is -2.07. The Morgan fingerprint density at radius 2 is 1.53 bits per heavy atom. The van der Waals surface area contributed by atoms with Crippen LogP contribution in [0.3, 0.4) is 0 Å². The van der Waals surface area contributed by atoms with Crippen LogP contribution in [0, 0.1) is 6.92 Å². The molecule has 0 spiro atoms. The van der Waals surface area contributed by atoms with Gasteiger partial charge in [0.15, 0.2) is 17.3 Å². The monoisotopic (exact) mass is 402 g/mol. The van der Waals surface area contributed by atoms with Gasteiger partial charge in [-0.25, -0.2) is 4.79 Å². The normalized spacial score (nSPS) is 10.6. The molecule has 0 unspecified atom stereocenters. The van der Waals surface area contributed by atoms with Crippen LogP contribution < -0.4 is 14.2 Å². The van der Waals surface area contributed by atoms with E-state index in [1.165, 1.54) is 6.08 Å². The second-order valence-electron chi connectivity index (χ2n) is 6.54. The Morgan fingerprint density at radius 3 is 2.20 bits per heavy atom. The van der Waals surface area contributed by atoms with E-state index in [2.05, 4.69) is 0 Å². The summed E-state index contributed by atoms with van der Waals surface area (Å²) in [5, 5.41) is 0. The van der Waals surface area contributed by atoms with Crippen LogP contribution in [0.5, 0.6) is 17.2 Å². The maximum absolute atomic E-state index is 12.4. The van der Waals surface area contributed by atoms with E-state index in [9.17, 15) is 9.59 Å². The number of carbonyl (C=O) groups is 2. The molecular weight excluding hydrogens is 380 g/mol. The number of rotatable bonds is 7. The molecule has 0 atom stereocenters. The molecule has 0 bridgehead atoms. The van der Waals surface area contributed by atoms with Crippen LogP contribution in [0.25, 0.3) is 6.08 Å². The van der Waals surface area contributed by atoms with Crippen molar-refractivity contribution in [2.75, 3.05) is 14.2 Å². The van der Waals surface area contributed by atoms with Crippen molar-refractivity contribution in [3.05, 3.63) is 95.1 Å². The number of carbonyl (C=O) groups excluding carboxylic acids is 2. The quantitative estimate of drug-likeness (QED) is 0.237. The number of hydrogen-bond acceptors (Lipinski definition) is 5. The van der Waals surface area contributed by atoms with Crippen LogP contribution in [0.2, 0.25) is 0 Å². The van der Waals surface area contributed by atoms with E-state index >= 15 is 0 Å². The third kappa shape index (κ3) is 4.94. The van der Waals surface area contributed by atoms with Gasteiger partial charge in [-0.1, -0.05) is 30.3 Å². The molecule has 0 N–H and O–H groups in total. The van der Waals surface area contributed by atoms with Crippen molar-refractivity contribution < 1.29 is 23.8 Å². The van der Waals surface area contributed by atoms with Gasteiger partial charge in [-0.2, -0.15) is 0 Å². The number of allylic oxidation sites excluding steroid dienone is 1. The van der Waals surface area contributed by atoms with E-state index < -0.39 is 5.97 Å². The third-order valence-corrected chi connectivity index (χ3v) is 4.55. The highest BCUT2D eigenvalue weighted by Crippen LogP contribution is 2.28. The van der Waals surface area contributed by atoms with Gasteiger partial charge >= 0.3 is 5.97 Å². The number of aryl methyl sites for hydroxylation is 1. The third-order valence-electron chi connectivity index (χ3n) is 4.55. The second-order valence-corrected chi connectivity index (χ2v) is 6.54. The lowest BCUT2D eigenvalue weighted by Crippen LogP contribution is -2.10. The Morgan fingerprint density at radius 1 is 0.833 bits per heavy atom. The van der Waals surface area contributed by atoms with Crippen molar-refractivity contribution in [2.24, 2.45) is 0 Å². The Bertz CT molecular complexity index is 1080. The maximum atomic E-state index is 12.4. The van der Waals surface area contributed by atoms with Gasteiger partial charge in [0.25, 0.3) is 0 Å². The van der Waals surface area contributed by atoms with Crippen molar-refractivity contribution in [2.45, 2.75) is 6.92 Å². The summed E-state index contributed by atoms with van der Waals surface area (Å²) in [6.45, 7) is 1.85. The van der Waals surface area contributed by atoms with Crippen molar-refractivity contribution in [1.82, 2.24) is 0 Å². The zero-order valence-electron chi connectivity index (χ0n) is 17.0. The molecule has 0 saturated heterocycles. The number of ketones is 1. The van der Waals surface area contributed by atoms with E-state index in [0.717, 1.165) is 11.1 Å². The minimum Gasteiger partial charge on any atom is -0.493 e. The molecule has 5 heteroatoms. The Balaban J connectivity index is 1.67. The first kappa shape index (κ1) is 20.9. The molecular formula is C25H22O5. The molecule has 0 aliphatic rings. The number of hydrogen-bond donors (Lipinski definition) is 0. The van der Waals surface area contributed by atoms with Gasteiger partial charge in [0.05, 0.1) is 19.8 Å². The summed E-state index contributed by atoms with van der Waals surface area (Å²) in [5.41, 5.74) is 2.65. The zero-order valence-corrected chi connectivity index (χ0v) is 17.0. The largest absolute Gasteiger partial charge is 0.493 e. The number of ether oxygens (including phenoxy) is 3. The first-order valence-corrected chi connectivity index (χ1v) is 9.34. The van der Waals surface area contributed by atoms with Crippen LogP contribution in [0.1, 0.15) is 31.8 Å². The van der Waals surface area contributed by atoms with Crippen molar-refractivity contribution in [3.8, 4) is 17.2 Å². The van der Waals surface area contributed by atoms with Gasteiger partial charge in [-0.3, -0.25) is 4.79 Å². The minimum absolute atomic E-state index is 0.165. The molecule has 0 heterocycles. The van der Waals surface area contributed by atoms with E-state index in [0.29, 0.717) is 28.4 Å². The van der Waals surface area contributed by atoms with Crippen LogP contribution >= 0.6 is 0 Å². The molecule has 0 saturated carbocycles. The summed E-state index contributed by atoms with van der Waals surface area (Å²) in [7, 11) is 3.13. The average molecular weight is 402 g/mol. The highest BCUT2D eigenvalue weighted by Gasteiger charge is 2.11. The molecule has 0 amide bonds. The highest BCUT2D eigenvalue weighted by atomic mass is 16.5. The molecule has 0 fully saturated rings. The fourth-order valence-corrected chi connectivity index (χ4v) is 2.88. The molecule has 5 nitrogen and oxygen atoms in total. The Labute approximate surface area is 175 Å². The van der Waals surface area contributed by atoms with Crippen LogP contribution in [-0.2, 0) is 0 Å². The Hall–Kier alpha value is -3.86. The van der Waals surface area contributed by atoms with Gasteiger partial charge in [-0.05, 0) is 66.6 Å². The summed E-state index contributed by atoms with van der Waals surface area (Å²) >= 11 is 0. The second kappa shape index (κ2) is 9.56. The predicted octanol–water partition coefficient (Wildman–Crippen LogP) is 5.13. The van der Waals surface area contributed by atoms with Crippen molar-refractivity contribution in [1.29, 1.82) is 0 Å². The van der Waals surface area contributed by atoms with Gasteiger partial charge in [0.1, 0.15) is 5.75 Å². The summed E-state index contributed by atoms with van der Waals surface area (Å²) in [5.74, 6) is 0.995. The molecule has 3 rings (SSSR count). The highest BCUT2D eigenvalue weighted by molar-refractivity contribution is 6.07. The summed E-state index contributed by atoms with van der Waals surface area (Å²) in [6.07, 6.45) is 3.19. The van der Waals surface area contributed by atoms with E-state index in [4.69, 9.17) is 14.2 Å². The van der Waals surface area contributed by atoms with Crippen LogP contribution in [0.4, 0.5) is 0 Å². The molecule has 30 heavy (non-hydrogen) atoms. The SMILES string of the molecule is COc1ccc(C=CC(=O)c2ccc(OC(=O)c3ccccc3C)cc2)cc1OC. The van der Waals surface area contributed by atoms with E-state index in [1.54, 1.807) is 68.8 Å².